The van der Waals surface area contributed by atoms with Crippen LogP contribution >= 0.6 is 11.8 Å². The Bertz CT molecular complexity index is 242. The van der Waals surface area contributed by atoms with Gasteiger partial charge in [-0.05, 0) is 25.8 Å². The maximum atomic E-state index is 11.5. The summed E-state index contributed by atoms with van der Waals surface area (Å²) in [7, 11) is -3.07. The van der Waals surface area contributed by atoms with Crippen molar-refractivity contribution in [2.75, 3.05) is 31.6 Å². The Balaban J connectivity index is 3.68. The fraction of sp³-hybridized carbons (Fsp3) is 1.00. The Hall–Kier alpha value is 0.220. The van der Waals surface area contributed by atoms with E-state index in [9.17, 15) is 8.42 Å². The van der Waals surface area contributed by atoms with Crippen molar-refractivity contribution in [3.63, 3.8) is 0 Å². The van der Waals surface area contributed by atoms with Crippen molar-refractivity contribution in [2.24, 2.45) is 0 Å². The highest BCUT2D eigenvalue weighted by Gasteiger charge is 2.10. The van der Waals surface area contributed by atoms with E-state index >= 15 is 0 Å². The van der Waals surface area contributed by atoms with Crippen LogP contribution in [0.1, 0.15) is 20.3 Å². The van der Waals surface area contributed by atoms with Crippen molar-refractivity contribution in [1.29, 1.82) is 0 Å². The molecule has 0 aromatic rings. The van der Waals surface area contributed by atoms with Gasteiger partial charge >= 0.3 is 0 Å². The second-order valence-corrected chi connectivity index (χ2v) is 6.62. The number of sulfonamides is 1. The largest absolute Gasteiger partial charge is 0.317 e. The molecule has 0 rings (SSSR count). The number of nitrogens with one attached hydrogen (secondary N) is 2. The molecule has 0 aliphatic rings. The highest BCUT2D eigenvalue weighted by atomic mass is 32.2. The van der Waals surface area contributed by atoms with E-state index in [0.29, 0.717) is 18.2 Å². The second-order valence-electron chi connectivity index (χ2n) is 3.42. The van der Waals surface area contributed by atoms with Gasteiger partial charge in [0.15, 0.2) is 0 Å². The summed E-state index contributed by atoms with van der Waals surface area (Å²) in [6.07, 6.45) is 2.64. The SMILES string of the molecule is CCNCCCS(=O)(=O)NCC(C)SC. The van der Waals surface area contributed by atoms with E-state index in [4.69, 9.17) is 0 Å². The Labute approximate surface area is 97.6 Å². The van der Waals surface area contributed by atoms with Crippen LogP contribution < -0.4 is 10.0 Å². The quantitative estimate of drug-likeness (QED) is 0.593. The molecule has 1 unspecified atom stereocenters. The minimum Gasteiger partial charge on any atom is -0.317 e. The van der Waals surface area contributed by atoms with Crippen molar-refractivity contribution in [2.45, 2.75) is 25.5 Å². The molecule has 0 amide bonds. The predicted octanol–water partition coefficient (Wildman–Crippen LogP) is 0.657. The van der Waals surface area contributed by atoms with Crippen LogP contribution in [-0.4, -0.2) is 45.3 Å². The number of hydrogen-bond donors (Lipinski definition) is 2. The summed E-state index contributed by atoms with van der Waals surface area (Å²) >= 11 is 1.66. The third kappa shape index (κ3) is 9.17. The first kappa shape index (κ1) is 15.2. The summed E-state index contributed by atoms with van der Waals surface area (Å²) in [5.41, 5.74) is 0. The van der Waals surface area contributed by atoms with Gasteiger partial charge in [0, 0.05) is 11.8 Å². The van der Waals surface area contributed by atoms with Crippen molar-refractivity contribution in [3.05, 3.63) is 0 Å². The van der Waals surface area contributed by atoms with Crippen molar-refractivity contribution < 1.29 is 8.42 Å². The van der Waals surface area contributed by atoms with Crippen LogP contribution in [0.15, 0.2) is 0 Å². The molecule has 0 radical (unpaired) electrons. The van der Waals surface area contributed by atoms with Gasteiger partial charge in [-0.2, -0.15) is 11.8 Å². The Morgan fingerprint density at radius 1 is 1.40 bits per heavy atom. The lowest BCUT2D eigenvalue weighted by molar-refractivity contribution is 0.576. The van der Waals surface area contributed by atoms with E-state index in [0.717, 1.165) is 13.1 Å². The molecule has 0 fully saturated rings. The summed E-state index contributed by atoms with van der Waals surface area (Å²) in [6.45, 7) is 6.18. The lowest BCUT2D eigenvalue weighted by Gasteiger charge is -2.10. The molecule has 92 valence electrons. The van der Waals surface area contributed by atoms with E-state index in [1.54, 1.807) is 11.8 Å². The summed E-state index contributed by atoms with van der Waals surface area (Å²) in [4.78, 5) is 0. The van der Waals surface area contributed by atoms with E-state index in [1.807, 2.05) is 20.1 Å². The molecule has 0 aliphatic heterocycles. The monoisotopic (exact) mass is 254 g/mol. The van der Waals surface area contributed by atoms with E-state index in [2.05, 4.69) is 10.0 Å². The average molecular weight is 254 g/mol. The van der Waals surface area contributed by atoms with Crippen LogP contribution in [0.5, 0.6) is 0 Å². The van der Waals surface area contributed by atoms with E-state index in [-0.39, 0.29) is 5.75 Å². The first-order valence-electron chi connectivity index (χ1n) is 5.22. The molecule has 0 spiro atoms. The molecule has 0 bridgehead atoms. The topological polar surface area (TPSA) is 58.2 Å². The minimum absolute atomic E-state index is 0.209. The van der Waals surface area contributed by atoms with Crippen LogP contribution in [0, 0.1) is 0 Å². The molecule has 2 N–H and O–H groups in total. The molecule has 0 saturated heterocycles. The standard InChI is InChI=1S/C9H22N2O2S2/c1-4-10-6-5-7-15(12,13)11-8-9(2)14-3/h9-11H,4-8H2,1-3H3. The van der Waals surface area contributed by atoms with Crippen LogP contribution in [0.2, 0.25) is 0 Å². The molecule has 0 aliphatic carbocycles. The Kier molecular flexibility index (Phi) is 8.50. The van der Waals surface area contributed by atoms with Gasteiger partial charge in [0.2, 0.25) is 10.0 Å². The molecule has 0 saturated carbocycles. The predicted molar refractivity (Wildman–Crippen MR) is 67.9 cm³/mol. The Morgan fingerprint density at radius 2 is 2.07 bits per heavy atom. The fourth-order valence-electron chi connectivity index (χ4n) is 0.964. The lowest BCUT2D eigenvalue weighted by Crippen LogP contribution is -2.32. The molecular formula is C9H22N2O2S2. The van der Waals surface area contributed by atoms with Gasteiger partial charge in [-0.25, -0.2) is 13.1 Å². The highest BCUT2D eigenvalue weighted by molar-refractivity contribution is 7.99. The van der Waals surface area contributed by atoms with Crippen LogP contribution in [-0.2, 0) is 10.0 Å². The van der Waals surface area contributed by atoms with Crippen LogP contribution in [0.25, 0.3) is 0 Å². The molecule has 1 atom stereocenters. The zero-order valence-corrected chi connectivity index (χ0v) is 11.4. The smallest absolute Gasteiger partial charge is 0.211 e. The molecular weight excluding hydrogens is 232 g/mol. The van der Waals surface area contributed by atoms with Crippen molar-refractivity contribution in [1.82, 2.24) is 10.0 Å². The molecule has 0 aromatic heterocycles. The molecule has 0 aromatic carbocycles. The lowest BCUT2D eigenvalue weighted by atomic mass is 10.5. The average Bonchev–Trinajstić information content (AvgIpc) is 2.21. The van der Waals surface area contributed by atoms with Gasteiger partial charge in [-0.1, -0.05) is 13.8 Å². The van der Waals surface area contributed by atoms with E-state index in [1.165, 1.54) is 0 Å². The van der Waals surface area contributed by atoms with Gasteiger partial charge in [-0.15, -0.1) is 0 Å². The molecule has 15 heavy (non-hydrogen) atoms. The van der Waals surface area contributed by atoms with Crippen LogP contribution in [0.4, 0.5) is 0 Å². The summed E-state index contributed by atoms with van der Waals surface area (Å²) in [5.74, 6) is 0.209. The summed E-state index contributed by atoms with van der Waals surface area (Å²) in [6, 6.07) is 0. The number of hydrogen-bond acceptors (Lipinski definition) is 4. The zero-order valence-electron chi connectivity index (χ0n) is 9.75. The van der Waals surface area contributed by atoms with Crippen molar-refractivity contribution in [3.8, 4) is 0 Å². The summed E-state index contributed by atoms with van der Waals surface area (Å²) < 4.78 is 25.5. The molecule has 4 nitrogen and oxygen atoms in total. The van der Waals surface area contributed by atoms with Gasteiger partial charge in [-0.3, -0.25) is 0 Å². The zero-order chi connectivity index (χ0) is 11.7. The normalized spacial score (nSPS) is 14.1. The van der Waals surface area contributed by atoms with Crippen molar-refractivity contribution >= 4 is 21.8 Å². The Morgan fingerprint density at radius 3 is 2.60 bits per heavy atom. The third-order valence-corrected chi connectivity index (χ3v) is 4.41. The summed E-state index contributed by atoms with van der Waals surface area (Å²) in [5, 5.41) is 3.43. The van der Waals surface area contributed by atoms with E-state index < -0.39 is 10.0 Å². The molecule has 6 heteroatoms. The number of thioether (sulfide) groups is 1. The second kappa shape index (κ2) is 8.38. The van der Waals surface area contributed by atoms with Gasteiger partial charge in [0.1, 0.15) is 0 Å². The van der Waals surface area contributed by atoms with Crippen LogP contribution in [0.3, 0.4) is 0 Å². The first-order chi connectivity index (χ1) is 7.02. The third-order valence-electron chi connectivity index (χ3n) is 2.01. The first-order valence-corrected chi connectivity index (χ1v) is 8.16. The fourth-order valence-corrected chi connectivity index (χ4v) is 2.49. The maximum Gasteiger partial charge on any atom is 0.211 e. The maximum absolute atomic E-state index is 11.5. The molecule has 0 heterocycles. The van der Waals surface area contributed by atoms with Gasteiger partial charge in [0.05, 0.1) is 5.75 Å². The number of rotatable bonds is 9. The highest BCUT2D eigenvalue weighted by Crippen LogP contribution is 2.03. The minimum atomic E-state index is -3.07. The van der Waals surface area contributed by atoms with Gasteiger partial charge in [0.25, 0.3) is 0 Å². The van der Waals surface area contributed by atoms with Gasteiger partial charge < -0.3 is 5.32 Å².